The number of hydrogen-bond acceptors (Lipinski definition) is 4. The van der Waals surface area contributed by atoms with Gasteiger partial charge >= 0.3 is 0 Å². The molecule has 22 heavy (non-hydrogen) atoms. The third kappa shape index (κ3) is 2.41. The smallest absolute Gasteiger partial charge is 0.248 e. The lowest BCUT2D eigenvalue weighted by atomic mass is 9.66. The third-order valence-corrected chi connectivity index (χ3v) is 5.80. The summed E-state index contributed by atoms with van der Waals surface area (Å²) in [5, 5.41) is 3.57. The van der Waals surface area contributed by atoms with Crippen molar-refractivity contribution < 1.29 is 14.3 Å². The van der Waals surface area contributed by atoms with Gasteiger partial charge in [0, 0.05) is 25.0 Å². The van der Waals surface area contributed by atoms with Gasteiger partial charge in [-0.1, -0.05) is 18.2 Å². The molecule has 2 saturated heterocycles. The van der Waals surface area contributed by atoms with Crippen LogP contribution in [0.1, 0.15) is 19.3 Å². The van der Waals surface area contributed by atoms with Crippen LogP contribution in [0.4, 0.5) is 0 Å². The minimum absolute atomic E-state index is 0.324. The number of ether oxygens (including phenoxy) is 2. The fourth-order valence-corrected chi connectivity index (χ4v) is 4.77. The van der Waals surface area contributed by atoms with Crippen molar-refractivity contribution in [2.24, 2.45) is 29.4 Å². The Bertz CT molecular complexity index is 522. The van der Waals surface area contributed by atoms with Crippen molar-refractivity contribution >= 4 is 5.91 Å². The molecule has 0 bridgehead atoms. The second-order valence-corrected chi connectivity index (χ2v) is 7.02. The van der Waals surface area contributed by atoms with E-state index < -0.39 is 0 Å². The molecule has 2 aliphatic heterocycles. The van der Waals surface area contributed by atoms with E-state index in [9.17, 15) is 4.79 Å². The van der Waals surface area contributed by atoms with E-state index in [2.05, 4.69) is 17.5 Å². The van der Waals surface area contributed by atoms with E-state index in [1.807, 2.05) is 6.08 Å². The molecule has 1 spiro atoms. The summed E-state index contributed by atoms with van der Waals surface area (Å²) in [4.78, 5) is 11.4. The molecule has 2 aliphatic carbocycles. The number of allylic oxidation sites excluding steroid dienone is 1. The number of amides is 1. The van der Waals surface area contributed by atoms with Gasteiger partial charge in [-0.3, -0.25) is 4.79 Å². The maximum Gasteiger partial charge on any atom is 0.248 e. The highest BCUT2D eigenvalue weighted by Crippen LogP contribution is 2.47. The van der Waals surface area contributed by atoms with Gasteiger partial charge in [-0.05, 0) is 36.6 Å². The molecule has 5 heteroatoms. The van der Waals surface area contributed by atoms with Gasteiger partial charge in [0.25, 0.3) is 0 Å². The summed E-state index contributed by atoms with van der Waals surface area (Å²) in [6, 6.07) is 0. The van der Waals surface area contributed by atoms with Crippen LogP contribution < -0.4 is 11.1 Å². The van der Waals surface area contributed by atoms with E-state index in [0.29, 0.717) is 29.2 Å². The molecule has 5 nitrogen and oxygen atoms in total. The molecular formula is C17H24N2O3. The molecule has 2 heterocycles. The molecule has 1 amide bonds. The highest BCUT2D eigenvalue weighted by Gasteiger charge is 2.48. The summed E-state index contributed by atoms with van der Waals surface area (Å²) in [5.74, 6) is 1.39. The SMILES string of the molecule is NC(=O)C1=CC2CNCC3CC4(CCC3C2C=C1)OCCO4. The molecule has 4 rings (SSSR count). The van der Waals surface area contributed by atoms with Crippen LogP contribution in [0.3, 0.4) is 0 Å². The zero-order chi connectivity index (χ0) is 15.2. The van der Waals surface area contributed by atoms with Crippen LogP contribution in [-0.2, 0) is 14.3 Å². The number of hydrogen-bond donors (Lipinski definition) is 2. The quantitative estimate of drug-likeness (QED) is 0.757. The lowest BCUT2D eigenvalue weighted by Crippen LogP contribution is -2.44. The third-order valence-electron chi connectivity index (χ3n) is 5.80. The van der Waals surface area contributed by atoms with Crippen molar-refractivity contribution in [1.29, 1.82) is 0 Å². The highest BCUT2D eigenvalue weighted by atomic mass is 16.7. The number of nitrogens with one attached hydrogen (secondary N) is 1. The van der Waals surface area contributed by atoms with Gasteiger partial charge < -0.3 is 20.5 Å². The minimum atomic E-state index is -0.328. The molecular weight excluding hydrogens is 280 g/mol. The van der Waals surface area contributed by atoms with E-state index in [-0.39, 0.29) is 11.7 Å². The van der Waals surface area contributed by atoms with Crippen LogP contribution in [0.2, 0.25) is 0 Å². The lowest BCUT2D eigenvalue weighted by molar-refractivity contribution is -0.196. The summed E-state index contributed by atoms with van der Waals surface area (Å²) in [6.07, 6.45) is 9.28. The Hall–Kier alpha value is -1.17. The number of fused-ring (bicyclic) bond motifs is 3. The van der Waals surface area contributed by atoms with Crippen LogP contribution in [0.25, 0.3) is 0 Å². The van der Waals surface area contributed by atoms with Gasteiger partial charge in [-0.15, -0.1) is 0 Å². The number of primary amides is 1. The normalized spacial score (nSPS) is 39.7. The van der Waals surface area contributed by atoms with E-state index in [1.54, 1.807) is 0 Å². The molecule has 3 N–H and O–H groups in total. The first kappa shape index (κ1) is 14.4. The van der Waals surface area contributed by atoms with Gasteiger partial charge in [0.05, 0.1) is 13.2 Å². The Morgan fingerprint density at radius 1 is 1.32 bits per heavy atom. The monoisotopic (exact) mass is 304 g/mol. The Morgan fingerprint density at radius 3 is 2.91 bits per heavy atom. The number of carbonyl (C=O) groups excluding carboxylic acids is 1. The minimum Gasteiger partial charge on any atom is -0.366 e. The molecule has 1 saturated carbocycles. The van der Waals surface area contributed by atoms with Crippen LogP contribution >= 0.6 is 0 Å². The Labute approximate surface area is 130 Å². The molecule has 4 aliphatic rings. The second kappa shape index (κ2) is 5.48. The first-order chi connectivity index (χ1) is 10.7. The molecule has 4 unspecified atom stereocenters. The molecule has 0 radical (unpaired) electrons. The van der Waals surface area contributed by atoms with Crippen molar-refractivity contribution in [3.63, 3.8) is 0 Å². The maximum atomic E-state index is 11.4. The summed E-state index contributed by atoms with van der Waals surface area (Å²) in [7, 11) is 0. The first-order valence-electron chi connectivity index (χ1n) is 8.35. The predicted octanol–water partition coefficient (Wildman–Crippen LogP) is 0.963. The molecule has 3 fully saturated rings. The van der Waals surface area contributed by atoms with E-state index in [4.69, 9.17) is 15.2 Å². The molecule has 0 aromatic heterocycles. The second-order valence-electron chi connectivity index (χ2n) is 7.02. The fourth-order valence-electron chi connectivity index (χ4n) is 4.77. The van der Waals surface area contributed by atoms with Crippen molar-refractivity contribution in [3.05, 3.63) is 23.8 Å². The largest absolute Gasteiger partial charge is 0.366 e. The van der Waals surface area contributed by atoms with E-state index in [1.165, 1.54) is 0 Å². The van der Waals surface area contributed by atoms with Crippen molar-refractivity contribution in [2.75, 3.05) is 26.3 Å². The Kier molecular flexibility index (Phi) is 3.59. The van der Waals surface area contributed by atoms with E-state index >= 15 is 0 Å². The molecule has 120 valence electrons. The van der Waals surface area contributed by atoms with Gasteiger partial charge in [-0.25, -0.2) is 0 Å². The fraction of sp³-hybridized carbons (Fsp3) is 0.706. The van der Waals surface area contributed by atoms with Crippen LogP contribution in [0.15, 0.2) is 23.8 Å². The lowest BCUT2D eigenvalue weighted by Gasteiger charge is -2.43. The van der Waals surface area contributed by atoms with Crippen LogP contribution in [0.5, 0.6) is 0 Å². The Balaban J connectivity index is 1.55. The zero-order valence-corrected chi connectivity index (χ0v) is 12.8. The van der Waals surface area contributed by atoms with Crippen molar-refractivity contribution in [2.45, 2.75) is 25.0 Å². The molecule has 0 aromatic carbocycles. The topological polar surface area (TPSA) is 73.6 Å². The summed E-state index contributed by atoms with van der Waals surface area (Å²) >= 11 is 0. The highest BCUT2D eigenvalue weighted by molar-refractivity contribution is 5.95. The average Bonchev–Trinajstić information content (AvgIpc) is 2.87. The van der Waals surface area contributed by atoms with Gasteiger partial charge in [0.2, 0.25) is 5.91 Å². The zero-order valence-electron chi connectivity index (χ0n) is 12.8. The summed E-state index contributed by atoms with van der Waals surface area (Å²) in [5.41, 5.74) is 6.08. The van der Waals surface area contributed by atoms with Crippen molar-refractivity contribution in [3.8, 4) is 0 Å². The number of carbonyl (C=O) groups is 1. The summed E-state index contributed by atoms with van der Waals surface area (Å²) < 4.78 is 11.8. The number of rotatable bonds is 1. The Morgan fingerprint density at radius 2 is 2.14 bits per heavy atom. The molecule has 4 atom stereocenters. The van der Waals surface area contributed by atoms with Gasteiger partial charge in [0.1, 0.15) is 0 Å². The summed E-state index contributed by atoms with van der Waals surface area (Å²) in [6.45, 7) is 3.36. The average molecular weight is 304 g/mol. The van der Waals surface area contributed by atoms with Gasteiger partial charge in [0.15, 0.2) is 5.79 Å². The number of nitrogens with two attached hydrogens (primary N) is 1. The van der Waals surface area contributed by atoms with Crippen LogP contribution in [-0.4, -0.2) is 38.0 Å². The molecule has 0 aromatic rings. The van der Waals surface area contributed by atoms with Gasteiger partial charge in [-0.2, -0.15) is 0 Å². The predicted molar refractivity (Wildman–Crippen MR) is 81.7 cm³/mol. The van der Waals surface area contributed by atoms with E-state index in [0.717, 1.165) is 45.6 Å². The van der Waals surface area contributed by atoms with Crippen LogP contribution in [0, 0.1) is 23.7 Å². The maximum absolute atomic E-state index is 11.4. The standard InChI is InChI=1S/C17H24N2O3/c18-16(20)11-1-2-14-12(7-11)9-19-10-13-8-17(4-3-15(13)14)21-5-6-22-17/h1-2,7,12-15,19H,3-6,8-10H2,(H2,18,20). The van der Waals surface area contributed by atoms with Crippen molar-refractivity contribution in [1.82, 2.24) is 5.32 Å². The first-order valence-corrected chi connectivity index (χ1v) is 8.35.